The molecule has 2 nitrogen and oxygen atoms in total. The zero-order valence-electron chi connectivity index (χ0n) is 12.3. The van der Waals surface area contributed by atoms with E-state index in [0.29, 0.717) is 6.04 Å². The molecule has 2 aromatic carbocycles. The number of benzene rings is 2. The third-order valence-electron chi connectivity index (χ3n) is 4.16. The molecule has 0 radical (unpaired) electrons. The molecule has 1 aliphatic heterocycles. The maximum Gasteiger partial charge on any atom is 0.0455 e. The fraction of sp³-hybridized carbons (Fsp3) is 0.333. The number of nitrogens with zero attached hydrogens (tertiary/aromatic N) is 1. The second-order valence-electron chi connectivity index (χ2n) is 5.67. The first kappa shape index (κ1) is 14.4. The van der Waals surface area contributed by atoms with Gasteiger partial charge in [0.25, 0.3) is 0 Å². The van der Waals surface area contributed by atoms with Crippen LogP contribution in [0.15, 0.2) is 48.5 Å². The summed E-state index contributed by atoms with van der Waals surface area (Å²) in [5.74, 6) is 0. The highest BCUT2D eigenvalue weighted by atomic mass is 35.5. The lowest BCUT2D eigenvalue weighted by Crippen LogP contribution is -2.51. The maximum atomic E-state index is 6.26. The summed E-state index contributed by atoms with van der Waals surface area (Å²) in [5, 5.41) is 4.48. The number of hydrogen-bond acceptors (Lipinski definition) is 2. The van der Waals surface area contributed by atoms with Gasteiger partial charge in [-0.15, -0.1) is 0 Å². The SMILES string of the molecule is Cc1c(Cl)cccc1N1CCNC(Cc2ccccc2)C1. The summed E-state index contributed by atoms with van der Waals surface area (Å²) >= 11 is 6.26. The van der Waals surface area contributed by atoms with E-state index in [4.69, 9.17) is 11.6 Å². The Bertz CT molecular complexity index is 597. The lowest BCUT2D eigenvalue weighted by Gasteiger charge is -2.36. The van der Waals surface area contributed by atoms with Crippen LogP contribution in [-0.4, -0.2) is 25.7 Å². The van der Waals surface area contributed by atoms with E-state index >= 15 is 0 Å². The lowest BCUT2D eigenvalue weighted by molar-refractivity contribution is 0.454. The normalized spacial score (nSPS) is 18.8. The molecule has 3 heteroatoms. The van der Waals surface area contributed by atoms with Crippen molar-refractivity contribution in [1.82, 2.24) is 5.32 Å². The van der Waals surface area contributed by atoms with Gasteiger partial charge in [-0.3, -0.25) is 0 Å². The molecule has 0 spiro atoms. The number of halogens is 1. The molecule has 21 heavy (non-hydrogen) atoms. The van der Waals surface area contributed by atoms with Crippen molar-refractivity contribution < 1.29 is 0 Å². The van der Waals surface area contributed by atoms with Gasteiger partial charge >= 0.3 is 0 Å². The fourth-order valence-corrected chi connectivity index (χ4v) is 3.19. The second kappa shape index (κ2) is 6.50. The number of hydrogen-bond donors (Lipinski definition) is 1. The molecule has 0 bridgehead atoms. The minimum atomic E-state index is 0.486. The Hall–Kier alpha value is -1.51. The topological polar surface area (TPSA) is 15.3 Å². The molecule has 2 aromatic rings. The van der Waals surface area contributed by atoms with Gasteiger partial charge in [-0.05, 0) is 36.6 Å². The molecule has 110 valence electrons. The van der Waals surface area contributed by atoms with Crippen LogP contribution in [0.5, 0.6) is 0 Å². The van der Waals surface area contributed by atoms with Gasteiger partial charge in [-0.2, -0.15) is 0 Å². The van der Waals surface area contributed by atoms with Crippen molar-refractivity contribution in [3.63, 3.8) is 0 Å². The zero-order chi connectivity index (χ0) is 14.7. The second-order valence-corrected chi connectivity index (χ2v) is 6.08. The Balaban J connectivity index is 1.72. The van der Waals surface area contributed by atoms with Crippen LogP contribution in [0.3, 0.4) is 0 Å². The van der Waals surface area contributed by atoms with E-state index in [9.17, 15) is 0 Å². The largest absolute Gasteiger partial charge is 0.368 e. The average molecular weight is 301 g/mol. The summed E-state index contributed by atoms with van der Waals surface area (Å²) < 4.78 is 0. The summed E-state index contributed by atoms with van der Waals surface area (Å²) in [6.07, 6.45) is 1.07. The molecule has 0 aliphatic carbocycles. The molecule has 0 aromatic heterocycles. The van der Waals surface area contributed by atoms with Crippen LogP contribution in [0, 0.1) is 6.92 Å². The van der Waals surface area contributed by atoms with E-state index in [1.54, 1.807) is 0 Å². The Morgan fingerprint density at radius 3 is 2.76 bits per heavy atom. The van der Waals surface area contributed by atoms with E-state index in [1.165, 1.54) is 16.8 Å². The molecular weight excluding hydrogens is 280 g/mol. The third kappa shape index (κ3) is 3.39. The Morgan fingerprint density at radius 2 is 1.95 bits per heavy atom. The third-order valence-corrected chi connectivity index (χ3v) is 4.57. The Morgan fingerprint density at radius 1 is 1.14 bits per heavy atom. The summed E-state index contributed by atoms with van der Waals surface area (Å²) in [6.45, 7) is 5.18. The van der Waals surface area contributed by atoms with E-state index in [1.807, 2.05) is 12.1 Å². The maximum absolute atomic E-state index is 6.26. The van der Waals surface area contributed by atoms with Gasteiger partial charge < -0.3 is 10.2 Å². The van der Waals surface area contributed by atoms with Crippen molar-refractivity contribution in [1.29, 1.82) is 0 Å². The number of nitrogens with one attached hydrogen (secondary N) is 1. The molecule has 1 unspecified atom stereocenters. The molecular formula is C18H21ClN2. The summed E-state index contributed by atoms with van der Waals surface area (Å²) in [4.78, 5) is 2.45. The molecule has 0 saturated carbocycles. The predicted octanol–water partition coefficient (Wildman–Crippen LogP) is 3.67. The van der Waals surface area contributed by atoms with Crippen LogP contribution in [-0.2, 0) is 6.42 Å². The average Bonchev–Trinajstić information content (AvgIpc) is 2.51. The zero-order valence-corrected chi connectivity index (χ0v) is 13.1. The van der Waals surface area contributed by atoms with Crippen molar-refractivity contribution in [3.8, 4) is 0 Å². The van der Waals surface area contributed by atoms with Gasteiger partial charge in [-0.25, -0.2) is 0 Å². The first-order chi connectivity index (χ1) is 10.2. The molecule has 1 atom stereocenters. The first-order valence-corrected chi connectivity index (χ1v) is 7.89. The highest BCUT2D eigenvalue weighted by Gasteiger charge is 2.21. The van der Waals surface area contributed by atoms with Crippen molar-refractivity contribution in [2.45, 2.75) is 19.4 Å². The molecule has 1 aliphatic rings. The molecule has 1 fully saturated rings. The van der Waals surface area contributed by atoms with Crippen molar-refractivity contribution in [2.75, 3.05) is 24.5 Å². The van der Waals surface area contributed by atoms with Crippen LogP contribution < -0.4 is 10.2 Å². The molecule has 1 saturated heterocycles. The highest BCUT2D eigenvalue weighted by molar-refractivity contribution is 6.31. The summed E-state index contributed by atoms with van der Waals surface area (Å²) in [6, 6.07) is 17.3. The van der Waals surface area contributed by atoms with Gasteiger partial charge in [0.1, 0.15) is 0 Å². The lowest BCUT2D eigenvalue weighted by atomic mass is 10.0. The van der Waals surface area contributed by atoms with Crippen LogP contribution in [0.25, 0.3) is 0 Å². The minimum absolute atomic E-state index is 0.486. The minimum Gasteiger partial charge on any atom is -0.368 e. The summed E-state index contributed by atoms with van der Waals surface area (Å²) in [7, 11) is 0. The molecule has 1 heterocycles. The first-order valence-electron chi connectivity index (χ1n) is 7.51. The Labute approximate surface area is 131 Å². The van der Waals surface area contributed by atoms with E-state index in [-0.39, 0.29) is 0 Å². The predicted molar refractivity (Wildman–Crippen MR) is 90.3 cm³/mol. The quantitative estimate of drug-likeness (QED) is 0.930. The van der Waals surface area contributed by atoms with Gasteiger partial charge in [0.05, 0.1) is 0 Å². The van der Waals surface area contributed by atoms with Crippen LogP contribution in [0.2, 0.25) is 5.02 Å². The van der Waals surface area contributed by atoms with Crippen LogP contribution in [0.4, 0.5) is 5.69 Å². The standard InChI is InChI=1S/C18H21ClN2/c1-14-17(19)8-5-9-18(14)21-11-10-20-16(13-21)12-15-6-3-2-4-7-15/h2-9,16,20H,10-13H2,1H3. The molecule has 1 N–H and O–H groups in total. The number of piperazine rings is 1. The van der Waals surface area contributed by atoms with Crippen molar-refractivity contribution >= 4 is 17.3 Å². The van der Waals surface area contributed by atoms with Crippen LogP contribution >= 0.6 is 11.6 Å². The molecule has 0 amide bonds. The van der Waals surface area contributed by atoms with Gasteiger partial charge in [-0.1, -0.05) is 48.0 Å². The van der Waals surface area contributed by atoms with E-state index in [0.717, 1.165) is 31.1 Å². The van der Waals surface area contributed by atoms with Gasteiger partial charge in [0.15, 0.2) is 0 Å². The van der Waals surface area contributed by atoms with Gasteiger partial charge in [0.2, 0.25) is 0 Å². The smallest absolute Gasteiger partial charge is 0.0455 e. The Kier molecular flexibility index (Phi) is 4.47. The summed E-state index contributed by atoms with van der Waals surface area (Å²) in [5.41, 5.74) is 3.83. The fourth-order valence-electron chi connectivity index (χ4n) is 3.02. The number of rotatable bonds is 3. The van der Waals surface area contributed by atoms with Crippen molar-refractivity contribution in [3.05, 3.63) is 64.7 Å². The molecule has 3 rings (SSSR count). The van der Waals surface area contributed by atoms with E-state index in [2.05, 4.69) is 53.5 Å². The monoisotopic (exact) mass is 300 g/mol. The van der Waals surface area contributed by atoms with Crippen LogP contribution in [0.1, 0.15) is 11.1 Å². The highest BCUT2D eigenvalue weighted by Crippen LogP contribution is 2.27. The van der Waals surface area contributed by atoms with Gasteiger partial charge in [0, 0.05) is 36.4 Å². The van der Waals surface area contributed by atoms with E-state index < -0.39 is 0 Å². The number of anilines is 1. The van der Waals surface area contributed by atoms with Crippen molar-refractivity contribution in [2.24, 2.45) is 0 Å².